The first kappa shape index (κ1) is 13.6. The zero-order chi connectivity index (χ0) is 13.1. The monoisotopic (exact) mass is 305 g/mol. The van der Waals surface area contributed by atoms with Crippen LogP contribution in [0.25, 0.3) is 10.8 Å². The van der Waals surface area contributed by atoms with Crippen molar-refractivity contribution in [3.05, 3.63) is 46.4 Å². The van der Waals surface area contributed by atoms with Gasteiger partial charge in [0.05, 0.1) is 0 Å². The standard InChI is InChI=1S/C16H20BrN/c1-11(2)3-8-16(18)14-5-4-13-10-15(17)7-6-12(13)9-14/h4-7,9-11,16H,3,8,18H2,1-2H3. The molecule has 0 amide bonds. The van der Waals surface area contributed by atoms with E-state index in [2.05, 4.69) is 66.2 Å². The first-order chi connectivity index (χ1) is 8.56. The largest absolute Gasteiger partial charge is 0.324 e. The van der Waals surface area contributed by atoms with Gasteiger partial charge in [-0.25, -0.2) is 0 Å². The summed E-state index contributed by atoms with van der Waals surface area (Å²) >= 11 is 3.50. The zero-order valence-electron chi connectivity index (χ0n) is 11.0. The summed E-state index contributed by atoms with van der Waals surface area (Å²) in [7, 11) is 0. The molecular weight excluding hydrogens is 286 g/mol. The Balaban J connectivity index is 2.21. The van der Waals surface area contributed by atoms with Gasteiger partial charge >= 0.3 is 0 Å². The third-order valence-electron chi connectivity index (χ3n) is 3.31. The van der Waals surface area contributed by atoms with E-state index in [1.54, 1.807) is 0 Å². The van der Waals surface area contributed by atoms with Crippen molar-refractivity contribution in [1.29, 1.82) is 0 Å². The molecule has 2 aromatic rings. The van der Waals surface area contributed by atoms with Crippen molar-refractivity contribution in [2.24, 2.45) is 11.7 Å². The van der Waals surface area contributed by atoms with Crippen LogP contribution in [0.1, 0.15) is 38.3 Å². The maximum absolute atomic E-state index is 6.25. The van der Waals surface area contributed by atoms with E-state index in [1.165, 1.54) is 22.8 Å². The third-order valence-corrected chi connectivity index (χ3v) is 3.80. The molecule has 0 spiro atoms. The maximum Gasteiger partial charge on any atom is 0.0295 e. The topological polar surface area (TPSA) is 26.0 Å². The molecule has 0 aliphatic rings. The second-order valence-corrected chi connectivity index (χ2v) is 6.24. The lowest BCUT2D eigenvalue weighted by Gasteiger charge is -2.14. The van der Waals surface area contributed by atoms with Crippen LogP contribution in [0.2, 0.25) is 0 Å². The summed E-state index contributed by atoms with van der Waals surface area (Å²) in [5.74, 6) is 0.715. The minimum absolute atomic E-state index is 0.153. The molecule has 2 rings (SSSR count). The van der Waals surface area contributed by atoms with Gasteiger partial charge in [0.15, 0.2) is 0 Å². The van der Waals surface area contributed by atoms with Gasteiger partial charge in [0.1, 0.15) is 0 Å². The van der Waals surface area contributed by atoms with Crippen LogP contribution in [0, 0.1) is 5.92 Å². The molecule has 0 saturated heterocycles. The summed E-state index contributed by atoms with van der Waals surface area (Å²) < 4.78 is 1.12. The van der Waals surface area contributed by atoms with Crippen LogP contribution in [-0.2, 0) is 0 Å². The Morgan fingerprint density at radius 2 is 1.67 bits per heavy atom. The van der Waals surface area contributed by atoms with Gasteiger partial charge in [-0.2, -0.15) is 0 Å². The second kappa shape index (κ2) is 5.85. The fraction of sp³-hybridized carbons (Fsp3) is 0.375. The van der Waals surface area contributed by atoms with Crippen molar-refractivity contribution in [2.75, 3.05) is 0 Å². The highest BCUT2D eigenvalue weighted by atomic mass is 79.9. The van der Waals surface area contributed by atoms with Crippen molar-refractivity contribution >= 4 is 26.7 Å². The number of fused-ring (bicyclic) bond motifs is 1. The van der Waals surface area contributed by atoms with Crippen LogP contribution in [0.5, 0.6) is 0 Å². The summed E-state index contributed by atoms with van der Waals surface area (Å²) in [4.78, 5) is 0. The van der Waals surface area contributed by atoms with Gasteiger partial charge in [0.25, 0.3) is 0 Å². The molecule has 1 nitrogen and oxygen atoms in total. The fourth-order valence-electron chi connectivity index (χ4n) is 2.15. The molecule has 0 bridgehead atoms. The first-order valence-electron chi connectivity index (χ1n) is 6.51. The molecule has 1 atom stereocenters. The lowest BCUT2D eigenvalue weighted by atomic mass is 9.96. The molecule has 2 heteroatoms. The minimum Gasteiger partial charge on any atom is -0.324 e. The quantitative estimate of drug-likeness (QED) is 0.841. The average Bonchev–Trinajstić information content (AvgIpc) is 2.35. The van der Waals surface area contributed by atoms with Gasteiger partial charge in [-0.05, 0) is 53.3 Å². The molecule has 18 heavy (non-hydrogen) atoms. The van der Waals surface area contributed by atoms with Crippen molar-refractivity contribution < 1.29 is 0 Å². The van der Waals surface area contributed by atoms with Gasteiger partial charge in [-0.15, -0.1) is 0 Å². The number of rotatable bonds is 4. The van der Waals surface area contributed by atoms with Crippen LogP contribution in [-0.4, -0.2) is 0 Å². The molecule has 0 heterocycles. The lowest BCUT2D eigenvalue weighted by molar-refractivity contribution is 0.507. The molecule has 0 fully saturated rings. The summed E-state index contributed by atoms with van der Waals surface area (Å²) in [6.07, 6.45) is 2.24. The summed E-state index contributed by atoms with van der Waals surface area (Å²) in [5.41, 5.74) is 7.50. The number of benzene rings is 2. The van der Waals surface area contributed by atoms with Crippen LogP contribution in [0.15, 0.2) is 40.9 Å². The SMILES string of the molecule is CC(C)CCC(N)c1ccc2cc(Br)ccc2c1. The highest BCUT2D eigenvalue weighted by molar-refractivity contribution is 9.10. The number of hydrogen-bond acceptors (Lipinski definition) is 1. The highest BCUT2D eigenvalue weighted by Gasteiger charge is 2.07. The van der Waals surface area contributed by atoms with Crippen LogP contribution in [0.4, 0.5) is 0 Å². The van der Waals surface area contributed by atoms with Crippen molar-refractivity contribution in [3.8, 4) is 0 Å². The van der Waals surface area contributed by atoms with E-state index in [0.717, 1.165) is 10.9 Å². The van der Waals surface area contributed by atoms with Gasteiger partial charge in [-0.3, -0.25) is 0 Å². The Morgan fingerprint density at radius 1 is 1.00 bits per heavy atom. The van der Waals surface area contributed by atoms with Gasteiger partial charge in [0.2, 0.25) is 0 Å². The number of nitrogens with two attached hydrogens (primary N) is 1. The van der Waals surface area contributed by atoms with E-state index in [4.69, 9.17) is 5.73 Å². The molecular formula is C16H20BrN. The van der Waals surface area contributed by atoms with E-state index in [1.807, 2.05) is 0 Å². The van der Waals surface area contributed by atoms with Crippen molar-refractivity contribution in [1.82, 2.24) is 0 Å². The van der Waals surface area contributed by atoms with E-state index >= 15 is 0 Å². The van der Waals surface area contributed by atoms with E-state index in [0.29, 0.717) is 5.92 Å². The van der Waals surface area contributed by atoms with Crippen LogP contribution >= 0.6 is 15.9 Å². The molecule has 96 valence electrons. The minimum atomic E-state index is 0.153. The average molecular weight is 306 g/mol. The Labute approximate surface area is 118 Å². The van der Waals surface area contributed by atoms with Crippen LogP contribution < -0.4 is 5.73 Å². The number of hydrogen-bond donors (Lipinski definition) is 1. The molecule has 1 unspecified atom stereocenters. The molecule has 0 aliphatic carbocycles. The molecule has 0 radical (unpaired) electrons. The number of halogens is 1. The Bertz CT molecular complexity index is 534. The molecule has 0 aromatic heterocycles. The summed E-state index contributed by atoms with van der Waals surface area (Å²) in [6, 6.07) is 13.0. The highest BCUT2D eigenvalue weighted by Crippen LogP contribution is 2.25. The Kier molecular flexibility index (Phi) is 4.41. The Morgan fingerprint density at radius 3 is 2.39 bits per heavy atom. The van der Waals surface area contributed by atoms with Gasteiger partial charge in [0, 0.05) is 10.5 Å². The molecule has 0 saturated carbocycles. The summed E-state index contributed by atoms with van der Waals surface area (Å²) in [6.45, 7) is 4.48. The maximum atomic E-state index is 6.25. The Hall–Kier alpha value is -0.860. The fourth-order valence-corrected chi connectivity index (χ4v) is 2.52. The summed E-state index contributed by atoms with van der Waals surface area (Å²) in [5, 5.41) is 2.51. The van der Waals surface area contributed by atoms with Gasteiger partial charge in [-0.1, -0.05) is 48.0 Å². The van der Waals surface area contributed by atoms with E-state index in [-0.39, 0.29) is 6.04 Å². The van der Waals surface area contributed by atoms with E-state index < -0.39 is 0 Å². The smallest absolute Gasteiger partial charge is 0.0295 e. The van der Waals surface area contributed by atoms with Gasteiger partial charge < -0.3 is 5.73 Å². The zero-order valence-corrected chi connectivity index (χ0v) is 12.6. The predicted octanol–water partition coefficient (Wildman–Crippen LogP) is 5.04. The lowest BCUT2D eigenvalue weighted by Crippen LogP contribution is -2.11. The third kappa shape index (κ3) is 3.33. The first-order valence-corrected chi connectivity index (χ1v) is 7.30. The van der Waals surface area contributed by atoms with Crippen LogP contribution in [0.3, 0.4) is 0 Å². The van der Waals surface area contributed by atoms with Crippen molar-refractivity contribution in [3.63, 3.8) is 0 Å². The van der Waals surface area contributed by atoms with Crippen molar-refractivity contribution in [2.45, 2.75) is 32.7 Å². The molecule has 2 aromatic carbocycles. The molecule has 0 aliphatic heterocycles. The molecule has 2 N–H and O–H groups in total. The normalized spacial score (nSPS) is 13.2. The predicted molar refractivity (Wildman–Crippen MR) is 82.6 cm³/mol. The second-order valence-electron chi connectivity index (χ2n) is 5.33. The van der Waals surface area contributed by atoms with E-state index in [9.17, 15) is 0 Å².